The van der Waals surface area contributed by atoms with E-state index in [1.54, 1.807) is 0 Å². The molecule has 124 valence electrons. The summed E-state index contributed by atoms with van der Waals surface area (Å²) in [5, 5.41) is 3.02. The monoisotopic (exact) mass is 326 g/mol. The fourth-order valence-electron chi connectivity index (χ4n) is 2.63. The molecule has 0 aromatic heterocycles. The van der Waals surface area contributed by atoms with E-state index in [1.165, 1.54) is 11.1 Å². The van der Waals surface area contributed by atoms with Gasteiger partial charge in [-0.05, 0) is 38.1 Å². The minimum absolute atomic E-state index is 0. The van der Waals surface area contributed by atoms with Crippen molar-refractivity contribution in [3.05, 3.63) is 29.3 Å². The van der Waals surface area contributed by atoms with Gasteiger partial charge in [-0.15, -0.1) is 12.4 Å². The van der Waals surface area contributed by atoms with Gasteiger partial charge in [-0.25, -0.2) is 0 Å². The van der Waals surface area contributed by atoms with E-state index in [1.807, 2.05) is 11.9 Å². The predicted octanol–water partition coefficient (Wildman–Crippen LogP) is 2.70. The summed E-state index contributed by atoms with van der Waals surface area (Å²) in [7, 11) is 1.87. The van der Waals surface area contributed by atoms with Crippen LogP contribution in [0.3, 0.4) is 0 Å². The molecule has 1 aliphatic rings. The van der Waals surface area contributed by atoms with Gasteiger partial charge in [0.15, 0.2) is 0 Å². The molecule has 0 atom stereocenters. The highest BCUT2D eigenvalue weighted by molar-refractivity contribution is 5.85. The molecular formula is C17H27ClN2O2. The van der Waals surface area contributed by atoms with E-state index >= 15 is 0 Å². The van der Waals surface area contributed by atoms with Gasteiger partial charge >= 0.3 is 0 Å². The number of hydrogen-bond acceptors (Lipinski definition) is 3. The quantitative estimate of drug-likeness (QED) is 0.904. The summed E-state index contributed by atoms with van der Waals surface area (Å²) in [6.07, 6.45) is 2.63. The molecule has 0 bridgehead atoms. The van der Waals surface area contributed by atoms with E-state index in [9.17, 15) is 4.79 Å². The Labute approximate surface area is 139 Å². The Hall–Kier alpha value is -1.26. The fourth-order valence-corrected chi connectivity index (χ4v) is 2.63. The number of carbonyl (C=O) groups is 1. The zero-order valence-corrected chi connectivity index (χ0v) is 14.5. The smallest absolute Gasteiger partial charge is 0.223 e. The molecule has 0 aliphatic carbocycles. The number of ether oxygens (including phenoxy) is 1. The Morgan fingerprint density at radius 2 is 2.00 bits per heavy atom. The summed E-state index contributed by atoms with van der Waals surface area (Å²) >= 11 is 0. The van der Waals surface area contributed by atoms with E-state index in [0.29, 0.717) is 6.42 Å². The summed E-state index contributed by atoms with van der Waals surface area (Å²) in [6.45, 7) is 6.51. The van der Waals surface area contributed by atoms with Gasteiger partial charge in [0.05, 0.1) is 0 Å². The molecule has 2 rings (SSSR count). The lowest BCUT2D eigenvalue weighted by Gasteiger charge is -2.32. The van der Waals surface area contributed by atoms with Crippen molar-refractivity contribution in [1.82, 2.24) is 10.2 Å². The highest BCUT2D eigenvalue weighted by Gasteiger charge is 2.23. The van der Waals surface area contributed by atoms with Gasteiger partial charge in [0, 0.05) is 38.9 Å². The molecule has 1 aliphatic heterocycles. The second kappa shape index (κ2) is 9.01. The number of benzene rings is 1. The second-order valence-electron chi connectivity index (χ2n) is 5.82. The van der Waals surface area contributed by atoms with Crippen LogP contribution in [0.15, 0.2) is 18.2 Å². The van der Waals surface area contributed by atoms with Crippen molar-refractivity contribution in [2.45, 2.75) is 39.2 Å². The maximum Gasteiger partial charge on any atom is 0.223 e. The number of likely N-dealkylation sites (tertiary alicyclic amines) is 1. The molecule has 4 nitrogen and oxygen atoms in total. The molecule has 0 saturated carbocycles. The standard InChI is InChI=1S/C17H26N2O2.ClH/c1-13-4-5-14(2)16(12-13)21-15-7-10-19(11-8-15)17(20)6-9-18-3;/h4-5,12,15,18H,6-11H2,1-3H3;1H. The van der Waals surface area contributed by atoms with Gasteiger partial charge in [0.2, 0.25) is 5.91 Å². The number of carbonyl (C=O) groups excluding carboxylic acids is 1. The number of amides is 1. The van der Waals surface area contributed by atoms with Crippen LogP contribution >= 0.6 is 12.4 Å². The van der Waals surface area contributed by atoms with Crippen molar-refractivity contribution in [3.8, 4) is 5.75 Å². The van der Waals surface area contributed by atoms with Gasteiger partial charge in [-0.3, -0.25) is 4.79 Å². The first-order valence-electron chi connectivity index (χ1n) is 7.76. The molecular weight excluding hydrogens is 300 g/mol. The molecule has 1 aromatic carbocycles. The van der Waals surface area contributed by atoms with E-state index < -0.39 is 0 Å². The highest BCUT2D eigenvalue weighted by atomic mass is 35.5. The van der Waals surface area contributed by atoms with Gasteiger partial charge in [0.1, 0.15) is 11.9 Å². The third kappa shape index (κ3) is 5.18. The summed E-state index contributed by atoms with van der Waals surface area (Å²) in [4.78, 5) is 13.9. The number of nitrogens with one attached hydrogen (secondary N) is 1. The first-order chi connectivity index (χ1) is 10.1. The molecule has 1 heterocycles. The van der Waals surface area contributed by atoms with E-state index in [-0.39, 0.29) is 24.4 Å². The maximum atomic E-state index is 12.0. The largest absolute Gasteiger partial charge is 0.490 e. The van der Waals surface area contributed by atoms with Crippen LogP contribution in [0.4, 0.5) is 0 Å². The molecule has 0 radical (unpaired) electrons. The number of halogens is 1. The average molecular weight is 327 g/mol. The average Bonchev–Trinajstić information content (AvgIpc) is 2.49. The Balaban J connectivity index is 0.00000242. The minimum atomic E-state index is 0. The number of nitrogens with zero attached hydrogens (tertiary/aromatic N) is 1. The van der Waals surface area contributed by atoms with Gasteiger partial charge < -0.3 is 15.0 Å². The highest BCUT2D eigenvalue weighted by Crippen LogP contribution is 2.24. The normalized spacial score (nSPS) is 15.3. The Kier molecular flexibility index (Phi) is 7.69. The second-order valence-corrected chi connectivity index (χ2v) is 5.82. The number of rotatable bonds is 5. The van der Waals surface area contributed by atoms with Crippen LogP contribution in [0.25, 0.3) is 0 Å². The summed E-state index contributed by atoms with van der Waals surface area (Å²) in [6, 6.07) is 6.30. The maximum absolute atomic E-state index is 12.0. The lowest BCUT2D eigenvalue weighted by atomic mass is 10.1. The fraction of sp³-hybridized carbons (Fsp3) is 0.588. The molecule has 1 N–H and O–H groups in total. The van der Waals surface area contributed by atoms with Crippen LogP contribution in [0.5, 0.6) is 5.75 Å². The van der Waals surface area contributed by atoms with Crippen LogP contribution in [0.2, 0.25) is 0 Å². The minimum Gasteiger partial charge on any atom is -0.490 e. The van der Waals surface area contributed by atoms with Crippen LogP contribution < -0.4 is 10.1 Å². The van der Waals surface area contributed by atoms with Crippen LogP contribution in [-0.2, 0) is 4.79 Å². The van der Waals surface area contributed by atoms with Crippen molar-refractivity contribution in [3.63, 3.8) is 0 Å². The molecule has 1 aromatic rings. The Bertz CT molecular complexity index is 486. The third-order valence-electron chi connectivity index (χ3n) is 4.02. The first-order valence-corrected chi connectivity index (χ1v) is 7.76. The molecule has 22 heavy (non-hydrogen) atoms. The lowest BCUT2D eigenvalue weighted by molar-refractivity contribution is -0.132. The molecule has 5 heteroatoms. The van der Waals surface area contributed by atoms with Crippen molar-refractivity contribution in [2.75, 3.05) is 26.7 Å². The molecule has 0 spiro atoms. The Morgan fingerprint density at radius 3 is 2.64 bits per heavy atom. The molecule has 0 unspecified atom stereocenters. The van der Waals surface area contributed by atoms with Gasteiger partial charge in [0.25, 0.3) is 0 Å². The molecule has 1 saturated heterocycles. The van der Waals surface area contributed by atoms with Gasteiger partial charge in [-0.1, -0.05) is 12.1 Å². The van der Waals surface area contributed by atoms with Crippen LogP contribution in [0.1, 0.15) is 30.4 Å². The number of aryl methyl sites for hydroxylation is 2. The summed E-state index contributed by atoms with van der Waals surface area (Å²) < 4.78 is 6.13. The van der Waals surface area contributed by atoms with Crippen molar-refractivity contribution in [1.29, 1.82) is 0 Å². The first kappa shape index (κ1) is 18.8. The van der Waals surface area contributed by atoms with E-state index in [2.05, 4.69) is 37.4 Å². The van der Waals surface area contributed by atoms with E-state index in [4.69, 9.17) is 4.74 Å². The number of hydrogen-bond donors (Lipinski definition) is 1. The lowest BCUT2D eigenvalue weighted by Crippen LogP contribution is -2.42. The molecule has 1 amide bonds. The molecule has 1 fully saturated rings. The zero-order valence-electron chi connectivity index (χ0n) is 13.7. The van der Waals surface area contributed by atoms with Crippen molar-refractivity contribution in [2.24, 2.45) is 0 Å². The van der Waals surface area contributed by atoms with Gasteiger partial charge in [-0.2, -0.15) is 0 Å². The topological polar surface area (TPSA) is 41.6 Å². The number of piperidine rings is 1. The SMILES string of the molecule is CNCCC(=O)N1CCC(Oc2cc(C)ccc2C)CC1.Cl. The van der Waals surface area contributed by atoms with Crippen molar-refractivity contribution >= 4 is 18.3 Å². The third-order valence-corrected chi connectivity index (χ3v) is 4.02. The zero-order chi connectivity index (χ0) is 15.2. The van der Waals surface area contributed by atoms with Crippen LogP contribution in [0, 0.1) is 13.8 Å². The summed E-state index contributed by atoms with van der Waals surface area (Å²) in [5.74, 6) is 1.23. The van der Waals surface area contributed by atoms with Crippen molar-refractivity contribution < 1.29 is 9.53 Å². The summed E-state index contributed by atoms with van der Waals surface area (Å²) in [5.41, 5.74) is 2.39. The van der Waals surface area contributed by atoms with Crippen LogP contribution in [-0.4, -0.2) is 43.6 Å². The van der Waals surface area contributed by atoms with E-state index in [0.717, 1.165) is 38.2 Å². The predicted molar refractivity (Wildman–Crippen MR) is 91.9 cm³/mol. The Morgan fingerprint density at radius 1 is 1.32 bits per heavy atom.